The molecule has 0 saturated carbocycles. The van der Waals surface area contributed by atoms with E-state index in [2.05, 4.69) is 11.5 Å². The van der Waals surface area contributed by atoms with E-state index in [-0.39, 0.29) is 0 Å². The van der Waals surface area contributed by atoms with Crippen LogP contribution in [0.25, 0.3) is 0 Å². The van der Waals surface area contributed by atoms with Gasteiger partial charge in [0.1, 0.15) is 12.1 Å². The van der Waals surface area contributed by atoms with Gasteiger partial charge < -0.3 is 0 Å². The maximum absolute atomic E-state index is 9.11. The molecule has 2 nitrogen and oxygen atoms in total. The van der Waals surface area contributed by atoms with Crippen molar-refractivity contribution in [2.75, 3.05) is 0 Å². The average Bonchev–Trinajstić information content (AvgIpc) is 2.97. The van der Waals surface area contributed by atoms with Crippen LogP contribution in [0.15, 0.2) is 70.2 Å². The SMILES string of the molecule is N#C/C(C1=C=CC=C1)=C(/C#N)C1=C=CC=C1. The van der Waals surface area contributed by atoms with Gasteiger partial charge in [0.05, 0.1) is 11.1 Å². The van der Waals surface area contributed by atoms with E-state index in [1.807, 2.05) is 12.1 Å². The Hall–Kier alpha value is -2.76. The Morgan fingerprint density at radius 3 is 1.56 bits per heavy atom. The summed E-state index contributed by atoms with van der Waals surface area (Å²) in [4.78, 5) is 0. The van der Waals surface area contributed by atoms with Gasteiger partial charge >= 0.3 is 0 Å². The van der Waals surface area contributed by atoms with Crippen LogP contribution in [0.1, 0.15) is 0 Å². The quantitative estimate of drug-likeness (QED) is 0.510. The minimum absolute atomic E-state index is 0.343. The van der Waals surface area contributed by atoms with Crippen molar-refractivity contribution in [3.05, 3.63) is 70.2 Å². The van der Waals surface area contributed by atoms with Gasteiger partial charge in [0.25, 0.3) is 0 Å². The van der Waals surface area contributed by atoms with E-state index in [0.29, 0.717) is 22.3 Å². The van der Waals surface area contributed by atoms with Crippen LogP contribution in [0.4, 0.5) is 0 Å². The van der Waals surface area contributed by atoms with Crippen molar-refractivity contribution >= 4 is 0 Å². The molecule has 0 saturated heterocycles. The number of rotatable bonds is 2. The highest BCUT2D eigenvalue weighted by atomic mass is 14.3. The third-order valence-electron chi connectivity index (χ3n) is 2.21. The average molecular weight is 202 g/mol. The molecule has 16 heavy (non-hydrogen) atoms. The van der Waals surface area contributed by atoms with Gasteiger partial charge in [0.15, 0.2) is 0 Å². The van der Waals surface area contributed by atoms with E-state index in [1.54, 1.807) is 36.5 Å². The molecule has 0 unspecified atom stereocenters. The van der Waals surface area contributed by atoms with E-state index in [1.165, 1.54) is 0 Å². The molecule has 0 fully saturated rings. The lowest BCUT2D eigenvalue weighted by Crippen LogP contribution is -1.91. The smallest absolute Gasteiger partial charge is 0.102 e. The topological polar surface area (TPSA) is 47.6 Å². The predicted octanol–water partition coefficient (Wildman–Crippen LogP) is 2.63. The normalized spacial score (nSPS) is 16.6. The van der Waals surface area contributed by atoms with Crippen molar-refractivity contribution in [1.82, 2.24) is 0 Å². The van der Waals surface area contributed by atoms with Crippen molar-refractivity contribution in [2.24, 2.45) is 0 Å². The molecule has 0 atom stereocenters. The fourth-order valence-corrected chi connectivity index (χ4v) is 1.47. The fraction of sp³-hybridized carbons (Fsp3) is 0. The van der Waals surface area contributed by atoms with E-state index < -0.39 is 0 Å². The third-order valence-corrected chi connectivity index (χ3v) is 2.21. The van der Waals surface area contributed by atoms with Gasteiger partial charge in [-0.15, -0.1) is 11.5 Å². The van der Waals surface area contributed by atoms with Crippen LogP contribution in [-0.2, 0) is 0 Å². The highest BCUT2D eigenvalue weighted by Crippen LogP contribution is 2.23. The minimum atomic E-state index is 0.343. The second-order valence-corrected chi connectivity index (χ2v) is 3.14. The molecular weight excluding hydrogens is 196 g/mol. The number of hydrogen-bond donors (Lipinski definition) is 0. The summed E-state index contributed by atoms with van der Waals surface area (Å²) in [7, 11) is 0. The van der Waals surface area contributed by atoms with Crippen LogP contribution in [0.2, 0.25) is 0 Å². The molecule has 0 radical (unpaired) electrons. The van der Waals surface area contributed by atoms with Crippen LogP contribution >= 0.6 is 0 Å². The van der Waals surface area contributed by atoms with Crippen LogP contribution < -0.4 is 0 Å². The second-order valence-electron chi connectivity index (χ2n) is 3.14. The minimum Gasteiger partial charge on any atom is -0.192 e. The third kappa shape index (κ3) is 1.59. The van der Waals surface area contributed by atoms with Gasteiger partial charge in [-0.1, -0.05) is 12.2 Å². The Labute approximate surface area is 93.4 Å². The van der Waals surface area contributed by atoms with Crippen molar-refractivity contribution in [3.8, 4) is 12.1 Å². The van der Waals surface area contributed by atoms with Gasteiger partial charge in [0, 0.05) is 11.1 Å². The zero-order valence-electron chi connectivity index (χ0n) is 8.36. The van der Waals surface area contributed by atoms with Crippen LogP contribution in [0, 0.1) is 22.7 Å². The summed E-state index contributed by atoms with van der Waals surface area (Å²) >= 11 is 0. The van der Waals surface area contributed by atoms with E-state index in [9.17, 15) is 0 Å². The number of nitrogens with zero attached hydrogens (tertiary/aromatic N) is 2. The Balaban J connectivity index is 2.61. The Morgan fingerprint density at radius 2 is 1.31 bits per heavy atom. The second kappa shape index (κ2) is 4.18. The standard InChI is InChI=1S/C14H6N2/c15-9-13(11-5-1-2-6-11)14(10-16)12-7-3-4-8-12/h1-5,7H/b14-13+. The first-order valence-electron chi connectivity index (χ1n) is 4.69. The number of hydrogen-bond acceptors (Lipinski definition) is 2. The molecule has 0 N–H and O–H groups in total. The summed E-state index contributed by atoms with van der Waals surface area (Å²) in [6, 6.07) is 4.10. The Morgan fingerprint density at radius 1 is 0.875 bits per heavy atom. The van der Waals surface area contributed by atoms with Gasteiger partial charge in [-0.3, -0.25) is 0 Å². The molecule has 0 aromatic carbocycles. The molecular formula is C14H6N2. The zero-order valence-corrected chi connectivity index (χ0v) is 8.36. The first kappa shape index (κ1) is 9.78. The van der Waals surface area contributed by atoms with Crippen molar-refractivity contribution < 1.29 is 0 Å². The number of nitriles is 2. The van der Waals surface area contributed by atoms with E-state index >= 15 is 0 Å². The maximum Gasteiger partial charge on any atom is 0.102 e. The van der Waals surface area contributed by atoms with Crippen LogP contribution in [0.5, 0.6) is 0 Å². The fourth-order valence-electron chi connectivity index (χ4n) is 1.47. The predicted molar refractivity (Wildman–Crippen MR) is 59.7 cm³/mol. The van der Waals surface area contributed by atoms with Crippen LogP contribution in [-0.4, -0.2) is 0 Å². The summed E-state index contributed by atoms with van der Waals surface area (Å²) in [5, 5.41) is 18.2. The molecule has 2 heteroatoms. The molecule has 0 aromatic heterocycles. The molecule has 72 valence electrons. The Bertz CT molecular complexity index is 582. The highest BCUT2D eigenvalue weighted by molar-refractivity contribution is 5.64. The molecule has 0 heterocycles. The van der Waals surface area contributed by atoms with Gasteiger partial charge in [-0.05, 0) is 24.3 Å². The summed E-state index contributed by atoms with van der Waals surface area (Å²) in [6.07, 6.45) is 10.5. The first-order chi connectivity index (χ1) is 7.86. The molecule has 2 rings (SSSR count). The Kier molecular flexibility index (Phi) is 2.55. The first-order valence-corrected chi connectivity index (χ1v) is 4.69. The van der Waals surface area contributed by atoms with Crippen molar-refractivity contribution in [2.45, 2.75) is 0 Å². The molecule has 0 bridgehead atoms. The molecule has 2 aliphatic rings. The van der Waals surface area contributed by atoms with E-state index in [4.69, 9.17) is 10.5 Å². The summed E-state index contributed by atoms with van der Waals surface area (Å²) in [6.45, 7) is 0. The molecule has 0 amide bonds. The van der Waals surface area contributed by atoms with Crippen molar-refractivity contribution in [1.29, 1.82) is 10.5 Å². The molecule has 2 aliphatic carbocycles. The van der Waals surface area contributed by atoms with E-state index in [0.717, 1.165) is 0 Å². The summed E-state index contributed by atoms with van der Waals surface area (Å²) in [5.41, 5.74) is 7.82. The molecule has 0 aliphatic heterocycles. The lowest BCUT2D eigenvalue weighted by Gasteiger charge is -1.99. The summed E-state index contributed by atoms with van der Waals surface area (Å²) in [5.74, 6) is 0. The lowest BCUT2D eigenvalue weighted by molar-refractivity contribution is 1.39. The lowest BCUT2D eigenvalue weighted by atomic mass is 9.98. The highest BCUT2D eigenvalue weighted by Gasteiger charge is 2.14. The van der Waals surface area contributed by atoms with Crippen molar-refractivity contribution in [3.63, 3.8) is 0 Å². The van der Waals surface area contributed by atoms with Gasteiger partial charge in [0.2, 0.25) is 0 Å². The van der Waals surface area contributed by atoms with Gasteiger partial charge in [-0.25, -0.2) is 0 Å². The summed E-state index contributed by atoms with van der Waals surface area (Å²) < 4.78 is 0. The number of allylic oxidation sites excluding steroid dienone is 8. The zero-order chi connectivity index (χ0) is 11.4. The molecule has 0 aromatic rings. The largest absolute Gasteiger partial charge is 0.192 e. The maximum atomic E-state index is 9.11. The van der Waals surface area contributed by atoms with Gasteiger partial charge in [-0.2, -0.15) is 10.5 Å². The molecule has 0 spiro atoms. The van der Waals surface area contributed by atoms with Crippen LogP contribution in [0.3, 0.4) is 0 Å². The monoisotopic (exact) mass is 202 g/mol.